The van der Waals surface area contributed by atoms with Gasteiger partial charge in [-0.05, 0) is 42.8 Å². The lowest BCUT2D eigenvalue weighted by Gasteiger charge is -2.22. The van der Waals surface area contributed by atoms with Crippen molar-refractivity contribution in [2.24, 2.45) is 0 Å². The van der Waals surface area contributed by atoms with Gasteiger partial charge in [-0.2, -0.15) is 15.0 Å². The first kappa shape index (κ1) is 14.5. The maximum atomic E-state index is 13.0. The average Bonchev–Trinajstić information content (AvgIpc) is 2.41. The number of anilines is 3. The zero-order chi connectivity index (χ0) is 14.7. The van der Waals surface area contributed by atoms with Crippen LogP contribution in [0.2, 0.25) is 5.28 Å². The molecule has 0 radical (unpaired) electrons. The van der Waals surface area contributed by atoms with E-state index in [1.54, 1.807) is 17.0 Å². The Morgan fingerprint density at radius 3 is 2.20 bits per heavy atom. The van der Waals surface area contributed by atoms with Crippen molar-refractivity contribution in [2.75, 3.05) is 30.4 Å². The fourth-order valence-electron chi connectivity index (χ4n) is 1.71. The number of hydrogen-bond acceptors (Lipinski definition) is 5. The maximum Gasteiger partial charge on any atom is 0.236 e. The molecule has 7 heteroatoms. The molecule has 1 aromatic carbocycles. The van der Waals surface area contributed by atoms with Crippen molar-refractivity contribution in [3.8, 4) is 0 Å². The molecule has 5 nitrogen and oxygen atoms in total. The van der Waals surface area contributed by atoms with Gasteiger partial charge in [0.2, 0.25) is 17.2 Å². The smallest absolute Gasteiger partial charge is 0.236 e. The van der Waals surface area contributed by atoms with Gasteiger partial charge in [0.05, 0.1) is 0 Å². The molecule has 0 N–H and O–H groups in total. The van der Waals surface area contributed by atoms with E-state index in [1.807, 2.05) is 25.9 Å². The van der Waals surface area contributed by atoms with E-state index in [1.165, 1.54) is 12.1 Å². The van der Waals surface area contributed by atoms with Gasteiger partial charge < -0.3 is 9.80 Å². The summed E-state index contributed by atoms with van der Waals surface area (Å²) in [7, 11) is 3.65. The first-order chi connectivity index (χ1) is 9.51. The van der Waals surface area contributed by atoms with Crippen LogP contribution in [0.15, 0.2) is 24.3 Å². The van der Waals surface area contributed by atoms with Crippen LogP contribution in [0.5, 0.6) is 0 Å². The lowest BCUT2D eigenvalue weighted by molar-refractivity contribution is 0.627. The van der Waals surface area contributed by atoms with Gasteiger partial charge in [-0.3, -0.25) is 0 Å². The summed E-state index contributed by atoms with van der Waals surface area (Å²) in [5, 5.41) is 0.124. The highest BCUT2D eigenvalue weighted by atomic mass is 35.5. The summed E-state index contributed by atoms with van der Waals surface area (Å²) in [6.07, 6.45) is 0. The van der Waals surface area contributed by atoms with Crippen LogP contribution >= 0.6 is 11.6 Å². The summed E-state index contributed by atoms with van der Waals surface area (Å²) in [6.45, 7) is 2.58. The van der Waals surface area contributed by atoms with Gasteiger partial charge in [0.15, 0.2) is 0 Å². The first-order valence-corrected chi connectivity index (χ1v) is 6.51. The molecule has 0 saturated heterocycles. The number of halogens is 2. The molecule has 1 aromatic heterocycles. The number of nitrogens with zero attached hydrogens (tertiary/aromatic N) is 5. The molecule has 2 aromatic rings. The first-order valence-electron chi connectivity index (χ1n) is 6.13. The minimum Gasteiger partial charge on any atom is -0.347 e. The third-order valence-electron chi connectivity index (χ3n) is 2.68. The number of aromatic nitrogens is 3. The van der Waals surface area contributed by atoms with E-state index in [2.05, 4.69) is 15.0 Å². The zero-order valence-electron chi connectivity index (χ0n) is 11.5. The molecule has 0 amide bonds. The summed E-state index contributed by atoms with van der Waals surface area (Å²) in [5.41, 5.74) is 0.792. The van der Waals surface area contributed by atoms with Gasteiger partial charge >= 0.3 is 0 Å². The Bertz CT molecular complexity index is 588. The highest BCUT2D eigenvalue weighted by molar-refractivity contribution is 6.28. The van der Waals surface area contributed by atoms with E-state index in [4.69, 9.17) is 11.6 Å². The van der Waals surface area contributed by atoms with Crippen molar-refractivity contribution in [1.29, 1.82) is 0 Å². The van der Waals surface area contributed by atoms with Gasteiger partial charge in [0.1, 0.15) is 5.82 Å². The van der Waals surface area contributed by atoms with Crippen molar-refractivity contribution in [3.63, 3.8) is 0 Å². The van der Waals surface area contributed by atoms with Crippen molar-refractivity contribution in [3.05, 3.63) is 35.4 Å². The minimum absolute atomic E-state index is 0.124. The summed E-state index contributed by atoms with van der Waals surface area (Å²) in [5.74, 6) is 0.621. The van der Waals surface area contributed by atoms with Crippen LogP contribution in [0.25, 0.3) is 0 Å². The third kappa shape index (κ3) is 3.14. The van der Waals surface area contributed by atoms with E-state index < -0.39 is 0 Å². The van der Waals surface area contributed by atoms with Crippen LogP contribution in [0.1, 0.15) is 6.92 Å². The predicted molar refractivity (Wildman–Crippen MR) is 78.2 cm³/mol. The SMILES string of the molecule is CCN(c1ccc(F)cc1)c1nc(Cl)nc(N(C)C)n1. The molecule has 1 heterocycles. The Morgan fingerprint density at radius 2 is 1.65 bits per heavy atom. The minimum atomic E-state index is -0.285. The van der Waals surface area contributed by atoms with Crippen LogP contribution in [0, 0.1) is 5.82 Å². The molecule has 0 spiro atoms. The third-order valence-corrected chi connectivity index (χ3v) is 2.85. The van der Waals surface area contributed by atoms with Crippen LogP contribution in [-0.4, -0.2) is 35.6 Å². The van der Waals surface area contributed by atoms with Crippen molar-refractivity contribution in [2.45, 2.75) is 6.92 Å². The van der Waals surface area contributed by atoms with Crippen LogP contribution in [0.4, 0.5) is 22.0 Å². The molecule has 0 bridgehead atoms. The topological polar surface area (TPSA) is 45.2 Å². The molecule has 106 valence electrons. The molecule has 0 unspecified atom stereocenters. The van der Waals surface area contributed by atoms with Crippen molar-refractivity contribution >= 4 is 29.2 Å². The molecule has 0 aliphatic rings. The Kier molecular flexibility index (Phi) is 4.34. The molecular weight excluding hydrogens is 281 g/mol. The molecule has 0 aliphatic heterocycles. The van der Waals surface area contributed by atoms with Crippen LogP contribution in [-0.2, 0) is 0 Å². The van der Waals surface area contributed by atoms with Gasteiger partial charge in [0, 0.05) is 26.3 Å². The largest absolute Gasteiger partial charge is 0.347 e. The number of rotatable bonds is 4. The Labute approximate surface area is 122 Å². The Hall–Kier alpha value is -1.95. The molecular formula is C13H15ClFN5. The normalized spacial score (nSPS) is 10.4. The highest BCUT2D eigenvalue weighted by Crippen LogP contribution is 2.24. The second-order valence-electron chi connectivity index (χ2n) is 4.32. The molecule has 0 fully saturated rings. The van der Waals surface area contributed by atoms with E-state index in [0.29, 0.717) is 18.4 Å². The van der Waals surface area contributed by atoms with Gasteiger partial charge in [-0.25, -0.2) is 4.39 Å². The number of benzene rings is 1. The second-order valence-corrected chi connectivity index (χ2v) is 4.66. The summed E-state index contributed by atoms with van der Waals surface area (Å²) >= 11 is 5.93. The molecule has 0 atom stereocenters. The molecule has 20 heavy (non-hydrogen) atoms. The van der Waals surface area contributed by atoms with Crippen LogP contribution in [0.3, 0.4) is 0 Å². The fraction of sp³-hybridized carbons (Fsp3) is 0.308. The Morgan fingerprint density at radius 1 is 1.05 bits per heavy atom. The Balaban J connectivity index is 2.43. The van der Waals surface area contributed by atoms with E-state index in [0.717, 1.165) is 5.69 Å². The van der Waals surface area contributed by atoms with Gasteiger partial charge in [-0.1, -0.05) is 0 Å². The predicted octanol–water partition coefficient (Wildman–Crippen LogP) is 2.89. The summed E-state index contributed by atoms with van der Waals surface area (Å²) in [4.78, 5) is 16.1. The second kappa shape index (κ2) is 6.00. The van der Waals surface area contributed by atoms with E-state index in [9.17, 15) is 4.39 Å². The number of hydrogen-bond donors (Lipinski definition) is 0. The van der Waals surface area contributed by atoms with Crippen molar-refractivity contribution in [1.82, 2.24) is 15.0 Å². The quantitative estimate of drug-likeness (QED) is 0.868. The lowest BCUT2D eigenvalue weighted by atomic mass is 10.3. The average molecular weight is 296 g/mol. The van der Waals surface area contributed by atoms with Crippen molar-refractivity contribution < 1.29 is 4.39 Å². The lowest BCUT2D eigenvalue weighted by Crippen LogP contribution is -2.21. The molecule has 0 aliphatic carbocycles. The van der Waals surface area contributed by atoms with E-state index >= 15 is 0 Å². The fourth-order valence-corrected chi connectivity index (χ4v) is 1.86. The molecule has 2 rings (SSSR count). The van der Waals surface area contributed by atoms with Crippen LogP contribution < -0.4 is 9.80 Å². The molecule has 0 saturated carbocycles. The maximum absolute atomic E-state index is 13.0. The standard InChI is InChI=1S/C13H15ClFN5/c1-4-20(10-7-5-9(15)6-8-10)13-17-11(14)16-12(18-13)19(2)3/h5-8H,4H2,1-3H3. The highest BCUT2D eigenvalue weighted by Gasteiger charge is 2.14. The van der Waals surface area contributed by atoms with E-state index in [-0.39, 0.29) is 11.1 Å². The zero-order valence-corrected chi connectivity index (χ0v) is 12.3. The summed E-state index contributed by atoms with van der Waals surface area (Å²) in [6, 6.07) is 6.14. The van der Waals surface area contributed by atoms with Gasteiger partial charge in [0.25, 0.3) is 0 Å². The van der Waals surface area contributed by atoms with Gasteiger partial charge in [-0.15, -0.1) is 0 Å². The monoisotopic (exact) mass is 295 g/mol. The summed E-state index contributed by atoms with van der Waals surface area (Å²) < 4.78 is 13.0.